The second kappa shape index (κ2) is 9.01. The molecule has 166 valence electrons. The summed E-state index contributed by atoms with van der Waals surface area (Å²) in [6.45, 7) is 13.2. The number of hydrogen-bond acceptors (Lipinski definition) is 3. The van der Waals surface area contributed by atoms with Crippen molar-refractivity contribution in [3.05, 3.63) is 66.2 Å². The fraction of sp³-hybridized carbons (Fsp3) is 0.423. The third-order valence-electron chi connectivity index (χ3n) is 6.62. The summed E-state index contributed by atoms with van der Waals surface area (Å²) in [5.41, 5.74) is 2.00. The SMILES string of the molecule is COc1ccc(N2C(=O)[C@H]([C@H](C)O[Si](C)(C)C(C)(C)C)[C@@H]2/C=C/c2ccccc2)cc1. The molecule has 5 heteroatoms. The number of nitrogens with zero attached hydrogens (tertiary/aromatic N) is 1. The molecule has 0 saturated carbocycles. The summed E-state index contributed by atoms with van der Waals surface area (Å²) in [6, 6.07) is 17.8. The number of β-lactam (4-membered cyclic amide) rings is 1. The molecule has 0 spiro atoms. The first-order valence-corrected chi connectivity index (χ1v) is 13.8. The monoisotopic (exact) mass is 437 g/mol. The molecule has 0 aromatic heterocycles. The molecule has 0 unspecified atom stereocenters. The zero-order valence-electron chi connectivity index (χ0n) is 19.8. The Morgan fingerprint density at radius 2 is 1.65 bits per heavy atom. The fourth-order valence-electron chi connectivity index (χ4n) is 3.75. The highest BCUT2D eigenvalue weighted by molar-refractivity contribution is 6.74. The predicted molar refractivity (Wildman–Crippen MR) is 131 cm³/mol. The Labute approximate surface area is 188 Å². The molecular weight excluding hydrogens is 402 g/mol. The van der Waals surface area contributed by atoms with Crippen LogP contribution in [-0.2, 0) is 9.22 Å². The molecule has 1 aliphatic rings. The number of rotatable bonds is 7. The van der Waals surface area contributed by atoms with Crippen LogP contribution < -0.4 is 9.64 Å². The summed E-state index contributed by atoms with van der Waals surface area (Å²) < 4.78 is 11.9. The second-order valence-electron chi connectivity index (χ2n) is 9.78. The van der Waals surface area contributed by atoms with Crippen LogP contribution in [0.3, 0.4) is 0 Å². The molecule has 3 rings (SSSR count). The Morgan fingerprint density at radius 3 is 2.19 bits per heavy atom. The number of anilines is 1. The van der Waals surface area contributed by atoms with Gasteiger partial charge in [-0.2, -0.15) is 0 Å². The molecule has 2 aromatic rings. The molecule has 2 aromatic carbocycles. The Morgan fingerprint density at radius 1 is 1.03 bits per heavy atom. The third-order valence-corrected chi connectivity index (χ3v) is 11.2. The quantitative estimate of drug-likeness (QED) is 0.385. The Bertz CT molecular complexity index is 916. The normalized spacial score (nSPS) is 20.6. The van der Waals surface area contributed by atoms with Gasteiger partial charge >= 0.3 is 0 Å². The molecule has 31 heavy (non-hydrogen) atoms. The first-order chi connectivity index (χ1) is 14.5. The topological polar surface area (TPSA) is 38.8 Å². The van der Waals surface area contributed by atoms with Crippen molar-refractivity contribution in [3.8, 4) is 5.75 Å². The van der Waals surface area contributed by atoms with E-state index in [2.05, 4.69) is 65.1 Å². The number of amides is 1. The van der Waals surface area contributed by atoms with E-state index in [0.717, 1.165) is 17.0 Å². The fourth-order valence-corrected chi connectivity index (χ4v) is 5.18. The number of carbonyl (C=O) groups is 1. The highest BCUT2D eigenvalue weighted by Gasteiger charge is 2.51. The van der Waals surface area contributed by atoms with E-state index in [4.69, 9.17) is 9.16 Å². The van der Waals surface area contributed by atoms with E-state index in [1.165, 1.54) is 0 Å². The van der Waals surface area contributed by atoms with Crippen LogP contribution in [0, 0.1) is 5.92 Å². The van der Waals surface area contributed by atoms with Crippen LogP contribution in [-0.4, -0.2) is 33.5 Å². The molecule has 1 heterocycles. The predicted octanol–water partition coefficient (Wildman–Crippen LogP) is 6.15. The number of hydrogen-bond donors (Lipinski definition) is 0. The minimum Gasteiger partial charge on any atom is -0.497 e. The maximum atomic E-state index is 13.3. The van der Waals surface area contributed by atoms with E-state index in [0.29, 0.717) is 0 Å². The van der Waals surface area contributed by atoms with Gasteiger partial charge < -0.3 is 14.1 Å². The van der Waals surface area contributed by atoms with Gasteiger partial charge in [0, 0.05) is 5.69 Å². The van der Waals surface area contributed by atoms with E-state index in [9.17, 15) is 4.79 Å². The van der Waals surface area contributed by atoms with E-state index in [-0.39, 0.29) is 29.0 Å². The third kappa shape index (κ3) is 4.94. The molecule has 1 fully saturated rings. The number of methoxy groups -OCH3 is 1. The van der Waals surface area contributed by atoms with Crippen molar-refractivity contribution in [3.63, 3.8) is 0 Å². The molecule has 0 bridgehead atoms. The van der Waals surface area contributed by atoms with E-state index in [1.54, 1.807) is 7.11 Å². The van der Waals surface area contributed by atoms with Crippen molar-refractivity contribution in [2.24, 2.45) is 5.92 Å². The maximum Gasteiger partial charge on any atom is 0.235 e. The van der Waals surface area contributed by atoms with E-state index in [1.807, 2.05) is 47.4 Å². The van der Waals surface area contributed by atoms with Crippen LogP contribution in [0.5, 0.6) is 5.75 Å². The Kier molecular flexibility index (Phi) is 6.77. The molecule has 0 aliphatic carbocycles. The highest BCUT2D eigenvalue weighted by Crippen LogP contribution is 2.42. The van der Waals surface area contributed by atoms with Crippen molar-refractivity contribution >= 4 is 26.0 Å². The lowest BCUT2D eigenvalue weighted by molar-refractivity contribution is -0.133. The summed E-state index contributed by atoms with van der Waals surface area (Å²) >= 11 is 0. The lowest BCUT2D eigenvalue weighted by atomic mass is 9.82. The first kappa shape index (κ1) is 23.3. The summed E-state index contributed by atoms with van der Waals surface area (Å²) in [5.74, 6) is 0.689. The van der Waals surface area contributed by atoms with E-state index >= 15 is 0 Å². The van der Waals surface area contributed by atoms with Crippen LogP contribution in [0.1, 0.15) is 33.3 Å². The molecule has 1 aliphatic heterocycles. The van der Waals surface area contributed by atoms with Crippen LogP contribution in [0.2, 0.25) is 18.1 Å². The summed E-state index contributed by atoms with van der Waals surface area (Å²) in [6.07, 6.45) is 4.09. The number of carbonyl (C=O) groups excluding carboxylic acids is 1. The molecule has 0 N–H and O–H groups in total. The Balaban J connectivity index is 1.88. The van der Waals surface area contributed by atoms with Crippen molar-refractivity contribution in [2.45, 2.75) is 58.0 Å². The lowest BCUT2D eigenvalue weighted by Gasteiger charge is -2.50. The largest absolute Gasteiger partial charge is 0.497 e. The van der Waals surface area contributed by atoms with Crippen molar-refractivity contribution in [2.75, 3.05) is 12.0 Å². The van der Waals surface area contributed by atoms with Crippen LogP contribution >= 0.6 is 0 Å². The summed E-state index contributed by atoms with van der Waals surface area (Å²) in [5, 5.41) is 0.0963. The van der Waals surface area contributed by atoms with Gasteiger partial charge in [-0.1, -0.05) is 63.3 Å². The molecule has 4 nitrogen and oxygen atoms in total. The van der Waals surface area contributed by atoms with Crippen LogP contribution in [0.15, 0.2) is 60.7 Å². The lowest BCUT2D eigenvalue weighted by Crippen LogP contribution is -2.65. The van der Waals surface area contributed by atoms with Crippen molar-refractivity contribution < 1.29 is 14.0 Å². The minimum absolute atomic E-state index is 0.0548. The van der Waals surface area contributed by atoms with Gasteiger partial charge in [-0.05, 0) is 54.9 Å². The second-order valence-corrected chi connectivity index (χ2v) is 14.5. The van der Waals surface area contributed by atoms with Gasteiger partial charge in [0.25, 0.3) is 0 Å². The number of benzene rings is 2. The Hall–Kier alpha value is -2.37. The molecule has 1 amide bonds. The summed E-state index contributed by atoms with van der Waals surface area (Å²) in [4.78, 5) is 15.2. The van der Waals surface area contributed by atoms with Gasteiger partial charge in [-0.3, -0.25) is 4.79 Å². The molecular formula is C26H35NO3Si. The highest BCUT2D eigenvalue weighted by atomic mass is 28.4. The smallest absolute Gasteiger partial charge is 0.235 e. The number of ether oxygens (including phenoxy) is 1. The molecule has 1 saturated heterocycles. The molecule has 3 atom stereocenters. The zero-order valence-corrected chi connectivity index (χ0v) is 20.8. The van der Waals surface area contributed by atoms with Gasteiger partial charge in [0.05, 0.1) is 25.2 Å². The standard InChI is InChI=1S/C26H35NO3Si/c1-19(30-31(6,7)26(2,3)4)24-23(18-13-20-11-9-8-10-12-20)27(25(24)28)21-14-16-22(29-5)17-15-21/h8-19,23-24H,1-7H3/b18-13+/t19-,23-,24+/m0/s1. The minimum atomic E-state index is -1.98. The summed E-state index contributed by atoms with van der Waals surface area (Å²) in [7, 11) is -0.340. The maximum absolute atomic E-state index is 13.3. The van der Waals surface area contributed by atoms with Crippen molar-refractivity contribution in [1.29, 1.82) is 0 Å². The molecule has 0 radical (unpaired) electrons. The van der Waals surface area contributed by atoms with Gasteiger partial charge in [0.15, 0.2) is 8.32 Å². The van der Waals surface area contributed by atoms with Crippen LogP contribution in [0.25, 0.3) is 6.08 Å². The average Bonchev–Trinajstić information content (AvgIpc) is 2.71. The first-order valence-electron chi connectivity index (χ1n) is 10.9. The van der Waals surface area contributed by atoms with Crippen LogP contribution in [0.4, 0.5) is 5.69 Å². The van der Waals surface area contributed by atoms with Gasteiger partial charge in [-0.15, -0.1) is 0 Å². The van der Waals surface area contributed by atoms with Crippen molar-refractivity contribution in [1.82, 2.24) is 0 Å². The van der Waals surface area contributed by atoms with Gasteiger partial charge in [0.2, 0.25) is 5.91 Å². The zero-order chi connectivity index (χ0) is 22.8. The van der Waals surface area contributed by atoms with Gasteiger partial charge in [0.1, 0.15) is 5.75 Å². The van der Waals surface area contributed by atoms with E-state index < -0.39 is 8.32 Å². The van der Waals surface area contributed by atoms with Gasteiger partial charge in [-0.25, -0.2) is 0 Å². The average molecular weight is 438 g/mol.